The maximum Gasteiger partial charge on any atom is 0.329 e. The highest BCUT2D eigenvalue weighted by atomic mass is 19.3. The van der Waals surface area contributed by atoms with Crippen molar-refractivity contribution in [2.45, 2.75) is 95.9 Å². The Hall–Kier alpha value is -1.24. The first-order chi connectivity index (χ1) is 11.8. The number of rotatable bonds is 16. The summed E-state index contributed by atoms with van der Waals surface area (Å²) in [4.78, 5) is 22.4. The normalized spacial score (nSPS) is 13.6. The predicted molar refractivity (Wildman–Crippen MR) is 94.6 cm³/mol. The predicted octanol–water partition coefficient (Wildman–Crippen LogP) is 3.85. The molecule has 1 amide bonds. The zero-order valence-electron chi connectivity index (χ0n) is 15.4. The summed E-state index contributed by atoms with van der Waals surface area (Å²) in [5.74, 6) is -1.85. The number of nitrogens with one attached hydrogen (secondary N) is 1. The Labute approximate surface area is 149 Å². The maximum absolute atomic E-state index is 12.7. The van der Waals surface area contributed by atoms with E-state index >= 15 is 0 Å². The lowest BCUT2D eigenvalue weighted by Crippen LogP contribution is -2.54. The molecule has 0 saturated heterocycles. The van der Waals surface area contributed by atoms with Crippen LogP contribution < -0.4 is 11.1 Å². The second-order valence-electron chi connectivity index (χ2n) is 6.68. The van der Waals surface area contributed by atoms with Gasteiger partial charge < -0.3 is 16.2 Å². The van der Waals surface area contributed by atoms with E-state index < -0.39 is 17.9 Å². The first kappa shape index (κ1) is 23.8. The van der Waals surface area contributed by atoms with Gasteiger partial charge >= 0.3 is 5.97 Å². The number of hydrogen-bond donors (Lipinski definition) is 3. The molecule has 1 unspecified atom stereocenters. The summed E-state index contributed by atoms with van der Waals surface area (Å²) in [6.45, 7) is 2.36. The average molecular weight is 364 g/mol. The highest BCUT2D eigenvalue weighted by Crippen LogP contribution is 2.19. The van der Waals surface area contributed by atoms with Crippen LogP contribution in [0.2, 0.25) is 0 Å². The van der Waals surface area contributed by atoms with Gasteiger partial charge in [0.05, 0.1) is 0 Å². The van der Waals surface area contributed by atoms with Crippen molar-refractivity contribution in [2.24, 2.45) is 5.73 Å². The van der Waals surface area contributed by atoms with Crippen molar-refractivity contribution < 1.29 is 23.5 Å². The lowest BCUT2D eigenvalue weighted by molar-refractivity contribution is -0.150. The molecule has 0 aliphatic carbocycles. The summed E-state index contributed by atoms with van der Waals surface area (Å²) in [5.41, 5.74) is 2.66. The van der Waals surface area contributed by atoms with Crippen molar-refractivity contribution >= 4 is 11.9 Å². The van der Waals surface area contributed by atoms with Gasteiger partial charge in [-0.3, -0.25) is 4.79 Å². The number of aliphatic carboxylic acids is 1. The van der Waals surface area contributed by atoms with E-state index in [9.17, 15) is 18.4 Å². The number of carbonyl (C=O) groups excluding carboxylic acids is 1. The molecule has 0 rings (SSSR count). The number of carbonyl (C=O) groups is 2. The molecule has 0 heterocycles. The fraction of sp³-hybridized carbons (Fsp3) is 0.889. The SMILES string of the molecule is CCCCCCCCCCCC(=O)NCCCC(N)(C(=O)O)C(F)F. The number of hydrogen-bond acceptors (Lipinski definition) is 3. The Morgan fingerprint density at radius 1 is 1.00 bits per heavy atom. The minimum Gasteiger partial charge on any atom is -0.480 e. The summed E-state index contributed by atoms with van der Waals surface area (Å²) in [6, 6.07) is 0. The van der Waals surface area contributed by atoms with Crippen LogP contribution in [0, 0.1) is 0 Å². The van der Waals surface area contributed by atoms with Gasteiger partial charge in [-0.1, -0.05) is 58.3 Å². The number of carboxylic acid groups (broad SMARTS) is 1. The second-order valence-corrected chi connectivity index (χ2v) is 6.68. The fourth-order valence-corrected chi connectivity index (χ4v) is 2.60. The molecule has 0 spiro atoms. The van der Waals surface area contributed by atoms with Crippen molar-refractivity contribution in [1.29, 1.82) is 0 Å². The van der Waals surface area contributed by atoms with Gasteiger partial charge in [0, 0.05) is 13.0 Å². The van der Waals surface area contributed by atoms with E-state index in [2.05, 4.69) is 12.2 Å². The Morgan fingerprint density at radius 2 is 1.52 bits per heavy atom. The van der Waals surface area contributed by atoms with E-state index in [4.69, 9.17) is 10.8 Å². The standard InChI is InChI=1S/C18H34F2N2O3/c1-2-3-4-5-6-7-8-9-10-12-15(23)22-14-11-13-18(21,16(19)20)17(24)25/h16H,2-14,21H2,1H3,(H,22,23)(H,24,25). The Kier molecular flexibility index (Phi) is 13.3. The Balaban J connectivity index is 3.60. The summed E-state index contributed by atoms with van der Waals surface area (Å²) < 4.78 is 25.4. The zero-order chi connectivity index (χ0) is 19.1. The smallest absolute Gasteiger partial charge is 0.329 e. The average Bonchev–Trinajstić information content (AvgIpc) is 2.56. The molecule has 0 aromatic rings. The Morgan fingerprint density at radius 3 is 2.00 bits per heavy atom. The minimum absolute atomic E-state index is 0.108. The highest BCUT2D eigenvalue weighted by Gasteiger charge is 2.43. The van der Waals surface area contributed by atoms with E-state index in [0.29, 0.717) is 6.42 Å². The van der Waals surface area contributed by atoms with Crippen molar-refractivity contribution in [3.8, 4) is 0 Å². The third-order valence-electron chi connectivity index (χ3n) is 4.38. The van der Waals surface area contributed by atoms with Gasteiger partial charge in [-0.25, -0.2) is 13.6 Å². The topological polar surface area (TPSA) is 92.4 Å². The van der Waals surface area contributed by atoms with Crippen molar-refractivity contribution in [3.05, 3.63) is 0 Å². The summed E-state index contributed by atoms with van der Waals surface area (Å²) >= 11 is 0. The zero-order valence-corrected chi connectivity index (χ0v) is 15.4. The van der Waals surface area contributed by atoms with E-state index in [0.717, 1.165) is 19.3 Å². The number of nitrogens with two attached hydrogens (primary N) is 1. The van der Waals surface area contributed by atoms with Crippen LogP contribution in [0.1, 0.15) is 84.0 Å². The first-order valence-corrected chi connectivity index (χ1v) is 9.41. The van der Waals surface area contributed by atoms with E-state index in [-0.39, 0.29) is 25.3 Å². The highest BCUT2D eigenvalue weighted by molar-refractivity contribution is 5.79. The van der Waals surface area contributed by atoms with Gasteiger partial charge in [-0.05, 0) is 19.3 Å². The molecule has 0 aromatic carbocycles. The molecule has 0 radical (unpaired) electrons. The van der Waals surface area contributed by atoms with Crippen molar-refractivity contribution in [1.82, 2.24) is 5.32 Å². The third-order valence-corrected chi connectivity index (χ3v) is 4.38. The third kappa shape index (κ3) is 11.1. The largest absolute Gasteiger partial charge is 0.480 e. The molecule has 4 N–H and O–H groups in total. The minimum atomic E-state index is -3.14. The van der Waals surface area contributed by atoms with Crippen LogP contribution in [0.3, 0.4) is 0 Å². The molecule has 1 atom stereocenters. The quantitative estimate of drug-likeness (QED) is 0.363. The van der Waals surface area contributed by atoms with Crippen molar-refractivity contribution in [2.75, 3.05) is 6.54 Å². The van der Waals surface area contributed by atoms with Crippen LogP contribution in [0.15, 0.2) is 0 Å². The molecule has 5 nitrogen and oxygen atoms in total. The van der Waals surface area contributed by atoms with E-state index in [1.807, 2.05) is 0 Å². The molecule has 0 aliphatic heterocycles. The molecule has 0 fully saturated rings. The molecule has 148 valence electrons. The van der Waals surface area contributed by atoms with Gasteiger partial charge in [0.15, 0.2) is 5.54 Å². The van der Waals surface area contributed by atoms with Crippen LogP contribution in [-0.4, -0.2) is 35.5 Å². The monoisotopic (exact) mass is 364 g/mol. The van der Waals surface area contributed by atoms with Gasteiger partial charge in [0.1, 0.15) is 0 Å². The maximum atomic E-state index is 12.7. The fourth-order valence-electron chi connectivity index (χ4n) is 2.60. The van der Waals surface area contributed by atoms with E-state index in [1.165, 1.54) is 38.5 Å². The van der Waals surface area contributed by atoms with Crippen LogP contribution in [0.25, 0.3) is 0 Å². The number of unbranched alkanes of at least 4 members (excludes halogenated alkanes) is 8. The number of alkyl halides is 2. The lowest BCUT2D eigenvalue weighted by Gasteiger charge is -2.23. The summed E-state index contributed by atoms with van der Waals surface area (Å²) in [6.07, 6.45) is 7.55. The summed E-state index contributed by atoms with van der Waals surface area (Å²) in [7, 11) is 0. The Bertz CT molecular complexity index is 381. The second kappa shape index (κ2) is 14.0. The van der Waals surface area contributed by atoms with Gasteiger partial charge in [-0.2, -0.15) is 0 Å². The molecule has 7 heteroatoms. The molecule has 0 bridgehead atoms. The summed E-state index contributed by atoms with van der Waals surface area (Å²) in [5, 5.41) is 11.4. The molecule has 0 saturated carbocycles. The van der Waals surface area contributed by atoms with Gasteiger partial charge in [0.25, 0.3) is 6.43 Å². The molecule has 0 aromatic heterocycles. The van der Waals surface area contributed by atoms with Crippen LogP contribution in [-0.2, 0) is 9.59 Å². The molecular formula is C18H34F2N2O3. The van der Waals surface area contributed by atoms with Crippen LogP contribution >= 0.6 is 0 Å². The first-order valence-electron chi connectivity index (χ1n) is 9.41. The molecule has 25 heavy (non-hydrogen) atoms. The van der Waals surface area contributed by atoms with Crippen molar-refractivity contribution in [3.63, 3.8) is 0 Å². The lowest BCUT2D eigenvalue weighted by atomic mass is 9.95. The van der Waals surface area contributed by atoms with E-state index in [1.54, 1.807) is 0 Å². The van der Waals surface area contributed by atoms with Gasteiger partial charge in [-0.15, -0.1) is 0 Å². The molecule has 0 aliphatic rings. The number of halogens is 2. The van der Waals surface area contributed by atoms with Crippen LogP contribution in [0.4, 0.5) is 8.78 Å². The number of carboxylic acids is 1. The van der Waals surface area contributed by atoms with Gasteiger partial charge in [0.2, 0.25) is 5.91 Å². The van der Waals surface area contributed by atoms with Crippen LogP contribution in [0.5, 0.6) is 0 Å². The number of amides is 1. The molecular weight excluding hydrogens is 330 g/mol.